The van der Waals surface area contributed by atoms with E-state index in [1.54, 1.807) is 16.2 Å². The zero-order valence-corrected chi connectivity index (χ0v) is 12.3. The fourth-order valence-corrected chi connectivity index (χ4v) is 3.59. The van der Waals surface area contributed by atoms with Crippen molar-refractivity contribution in [1.29, 1.82) is 0 Å². The van der Waals surface area contributed by atoms with Crippen molar-refractivity contribution in [2.45, 2.75) is 31.4 Å². The first-order valence-corrected chi connectivity index (χ1v) is 8.61. The number of hydrogen-bond donors (Lipinski definition) is 1. The first kappa shape index (κ1) is 14.4. The monoisotopic (exact) mass is 303 g/mol. The average molecular weight is 303 g/mol. The predicted molar refractivity (Wildman–Crippen MR) is 73.3 cm³/mol. The number of amides is 1. The Morgan fingerprint density at radius 2 is 2.32 bits per heavy atom. The van der Waals surface area contributed by atoms with Crippen LogP contribution < -0.4 is 5.14 Å². The molecule has 6 nitrogen and oxygen atoms in total. The molecule has 2 heterocycles. The van der Waals surface area contributed by atoms with Crippen molar-refractivity contribution < 1.29 is 13.2 Å². The van der Waals surface area contributed by atoms with Crippen molar-refractivity contribution in [3.8, 4) is 0 Å². The van der Waals surface area contributed by atoms with E-state index < -0.39 is 15.3 Å². The van der Waals surface area contributed by atoms with Gasteiger partial charge in [-0.05, 0) is 6.42 Å². The van der Waals surface area contributed by atoms with Crippen LogP contribution in [0.5, 0.6) is 0 Å². The lowest BCUT2D eigenvalue weighted by molar-refractivity contribution is -0.127. The van der Waals surface area contributed by atoms with E-state index >= 15 is 0 Å². The van der Waals surface area contributed by atoms with E-state index in [4.69, 9.17) is 5.14 Å². The third kappa shape index (κ3) is 3.52. The van der Waals surface area contributed by atoms with Gasteiger partial charge < -0.3 is 4.90 Å². The fourth-order valence-electron chi connectivity index (χ4n) is 2.05. The molecule has 8 heteroatoms. The number of sulfonamides is 1. The minimum absolute atomic E-state index is 0.00386. The van der Waals surface area contributed by atoms with Gasteiger partial charge >= 0.3 is 0 Å². The minimum atomic E-state index is -3.63. The molecule has 19 heavy (non-hydrogen) atoms. The largest absolute Gasteiger partial charge is 0.341 e. The number of nitrogens with zero attached hydrogens (tertiary/aromatic N) is 2. The molecule has 0 spiro atoms. The molecule has 1 aliphatic heterocycles. The highest BCUT2D eigenvalue weighted by molar-refractivity contribution is 7.89. The summed E-state index contributed by atoms with van der Waals surface area (Å²) in [4.78, 5) is 17.7. The Labute approximate surface area is 116 Å². The average Bonchev–Trinajstić information content (AvgIpc) is 2.92. The normalized spacial score (nSPS) is 20.2. The Bertz CT molecular complexity index is 567. The molecule has 106 valence electrons. The van der Waals surface area contributed by atoms with Crippen molar-refractivity contribution in [2.75, 3.05) is 13.1 Å². The number of aryl methyl sites for hydroxylation is 1. The molecule has 0 radical (unpaired) electrons. The van der Waals surface area contributed by atoms with Crippen LogP contribution in [-0.4, -0.2) is 42.5 Å². The Hall–Kier alpha value is -0.990. The van der Waals surface area contributed by atoms with E-state index in [2.05, 4.69) is 4.98 Å². The Kier molecular flexibility index (Phi) is 4.22. The van der Waals surface area contributed by atoms with E-state index in [0.29, 0.717) is 13.0 Å². The molecule has 1 amide bonds. The van der Waals surface area contributed by atoms with E-state index in [1.165, 1.54) is 0 Å². The van der Waals surface area contributed by atoms with Gasteiger partial charge in [0.2, 0.25) is 15.9 Å². The molecule has 1 aromatic heterocycles. The van der Waals surface area contributed by atoms with Crippen molar-refractivity contribution in [1.82, 2.24) is 9.88 Å². The van der Waals surface area contributed by atoms with Crippen LogP contribution in [0, 0.1) is 0 Å². The third-order valence-electron chi connectivity index (χ3n) is 3.18. The summed E-state index contributed by atoms with van der Waals surface area (Å²) < 4.78 is 22.5. The van der Waals surface area contributed by atoms with Crippen LogP contribution in [0.4, 0.5) is 0 Å². The van der Waals surface area contributed by atoms with Crippen molar-refractivity contribution >= 4 is 27.3 Å². The van der Waals surface area contributed by atoms with Crippen molar-refractivity contribution in [3.05, 3.63) is 16.1 Å². The molecule has 0 aliphatic carbocycles. The first-order chi connectivity index (χ1) is 8.90. The van der Waals surface area contributed by atoms with Crippen molar-refractivity contribution in [3.63, 3.8) is 0 Å². The fraction of sp³-hybridized carbons (Fsp3) is 0.636. The molecule has 1 unspecified atom stereocenters. The predicted octanol–water partition coefficient (Wildman–Crippen LogP) is 0.137. The van der Waals surface area contributed by atoms with Crippen molar-refractivity contribution in [2.24, 2.45) is 5.14 Å². The third-order valence-corrected chi connectivity index (χ3v) is 5.47. The lowest BCUT2D eigenvalue weighted by atomic mass is 10.3. The van der Waals surface area contributed by atoms with Crippen LogP contribution in [-0.2, 0) is 27.7 Å². The van der Waals surface area contributed by atoms with Gasteiger partial charge in [-0.3, -0.25) is 4.79 Å². The SMILES string of the molecule is CCc1nc(CCN2CC(S(N)(=O)=O)CC2=O)cs1. The first-order valence-electron chi connectivity index (χ1n) is 6.12. The molecule has 1 fully saturated rings. The number of carbonyl (C=O) groups is 1. The van der Waals surface area contributed by atoms with Gasteiger partial charge in [0.05, 0.1) is 10.7 Å². The molecule has 2 rings (SSSR count). The molecule has 1 atom stereocenters. The number of nitrogens with two attached hydrogens (primary N) is 1. The van der Waals surface area contributed by atoms with Gasteiger partial charge in [-0.15, -0.1) is 11.3 Å². The second kappa shape index (κ2) is 5.56. The number of primary sulfonamides is 1. The number of rotatable bonds is 5. The Morgan fingerprint density at radius 1 is 1.58 bits per heavy atom. The summed E-state index contributed by atoms with van der Waals surface area (Å²) in [5.74, 6) is -0.148. The lowest BCUT2D eigenvalue weighted by Gasteiger charge is -2.15. The van der Waals surface area contributed by atoms with Gasteiger partial charge in [0, 0.05) is 31.3 Å². The summed E-state index contributed by atoms with van der Waals surface area (Å²) in [6, 6.07) is 0. The maximum atomic E-state index is 11.7. The summed E-state index contributed by atoms with van der Waals surface area (Å²) in [6.45, 7) is 2.74. The Balaban J connectivity index is 1.92. The maximum absolute atomic E-state index is 11.7. The van der Waals surface area contributed by atoms with Crippen LogP contribution in [0.2, 0.25) is 0 Å². The summed E-state index contributed by atoms with van der Waals surface area (Å²) in [5.41, 5.74) is 0.953. The second-order valence-corrected chi connectivity index (χ2v) is 7.38. The van der Waals surface area contributed by atoms with Gasteiger partial charge in [0.15, 0.2) is 0 Å². The van der Waals surface area contributed by atoms with E-state index in [-0.39, 0.29) is 18.9 Å². The molecule has 1 saturated heterocycles. The van der Waals surface area contributed by atoms with E-state index in [9.17, 15) is 13.2 Å². The Morgan fingerprint density at radius 3 is 2.84 bits per heavy atom. The van der Waals surface area contributed by atoms with Gasteiger partial charge in [-0.2, -0.15) is 0 Å². The smallest absolute Gasteiger partial charge is 0.224 e. The lowest BCUT2D eigenvalue weighted by Crippen LogP contribution is -2.33. The molecule has 0 bridgehead atoms. The van der Waals surface area contributed by atoms with E-state index in [1.807, 2.05) is 12.3 Å². The van der Waals surface area contributed by atoms with Crippen LogP contribution >= 0.6 is 11.3 Å². The number of aromatic nitrogens is 1. The molecular formula is C11H17N3O3S2. The molecule has 1 aliphatic rings. The molecular weight excluding hydrogens is 286 g/mol. The quantitative estimate of drug-likeness (QED) is 0.837. The number of thiazole rings is 1. The zero-order chi connectivity index (χ0) is 14.0. The molecule has 0 saturated carbocycles. The topological polar surface area (TPSA) is 93.4 Å². The minimum Gasteiger partial charge on any atom is -0.341 e. The van der Waals surface area contributed by atoms with Gasteiger partial charge in [0.1, 0.15) is 5.25 Å². The highest BCUT2D eigenvalue weighted by atomic mass is 32.2. The number of likely N-dealkylation sites (tertiary alicyclic amines) is 1. The van der Waals surface area contributed by atoms with Crippen LogP contribution in [0.3, 0.4) is 0 Å². The summed E-state index contributed by atoms with van der Waals surface area (Å²) in [6.07, 6.45) is 1.55. The van der Waals surface area contributed by atoms with Gasteiger partial charge in [0.25, 0.3) is 0 Å². The second-order valence-electron chi connectivity index (χ2n) is 4.59. The van der Waals surface area contributed by atoms with Crippen LogP contribution in [0.1, 0.15) is 24.0 Å². The van der Waals surface area contributed by atoms with Crippen LogP contribution in [0.15, 0.2) is 5.38 Å². The highest BCUT2D eigenvalue weighted by Gasteiger charge is 2.36. The number of hydrogen-bond acceptors (Lipinski definition) is 5. The van der Waals surface area contributed by atoms with Crippen LogP contribution in [0.25, 0.3) is 0 Å². The maximum Gasteiger partial charge on any atom is 0.224 e. The summed E-state index contributed by atoms with van der Waals surface area (Å²) in [5, 5.41) is 7.37. The molecule has 2 N–H and O–H groups in total. The highest BCUT2D eigenvalue weighted by Crippen LogP contribution is 2.17. The number of carbonyl (C=O) groups excluding carboxylic acids is 1. The standard InChI is InChI=1S/C11H17N3O3S2/c1-2-10-13-8(7-18-10)3-4-14-6-9(5-11(14)15)19(12,16)17/h7,9H,2-6H2,1H3,(H2,12,16,17). The molecule has 0 aromatic carbocycles. The van der Waals surface area contributed by atoms with E-state index in [0.717, 1.165) is 17.1 Å². The van der Waals surface area contributed by atoms with Gasteiger partial charge in [-0.25, -0.2) is 18.5 Å². The zero-order valence-electron chi connectivity index (χ0n) is 10.7. The molecule has 1 aromatic rings. The summed E-state index contributed by atoms with van der Waals surface area (Å²) >= 11 is 1.61. The van der Waals surface area contributed by atoms with Gasteiger partial charge in [-0.1, -0.05) is 6.92 Å². The summed E-state index contributed by atoms with van der Waals surface area (Å²) in [7, 11) is -3.63.